The van der Waals surface area contributed by atoms with E-state index in [1.54, 1.807) is 0 Å². The van der Waals surface area contributed by atoms with Crippen molar-refractivity contribution in [1.82, 2.24) is 4.98 Å². The molecule has 21 heavy (non-hydrogen) atoms. The van der Waals surface area contributed by atoms with Gasteiger partial charge in [0.2, 0.25) is 0 Å². The van der Waals surface area contributed by atoms with Crippen LogP contribution < -0.4 is 4.72 Å². The van der Waals surface area contributed by atoms with Gasteiger partial charge in [0.15, 0.2) is 0 Å². The van der Waals surface area contributed by atoms with Gasteiger partial charge < -0.3 is 5.11 Å². The molecule has 7 heteroatoms. The third kappa shape index (κ3) is 3.78. The molecule has 0 atom stereocenters. The average Bonchev–Trinajstić information content (AvgIpc) is 2.48. The van der Waals surface area contributed by atoms with E-state index in [2.05, 4.69) is 21.5 Å². The number of halogens is 1. The van der Waals surface area contributed by atoms with E-state index in [4.69, 9.17) is 5.11 Å². The summed E-state index contributed by atoms with van der Waals surface area (Å²) in [6, 6.07) is 6.53. The smallest absolute Gasteiger partial charge is 0.263 e. The van der Waals surface area contributed by atoms with Crippen LogP contribution in [-0.4, -0.2) is 25.1 Å². The van der Waals surface area contributed by atoms with Gasteiger partial charge >= 0.3 is 0 Å². The standard InChI is InChI=1S/C14H11FN2O3S/c15-14-6-5-12(9-11(14)3-2-8-18)17-21(19,20)13-4-1-7-16-10-13/h1,4-7,9-10,17-18H,8H2. The summed E-state index contributed by atoms with van der Waals surface area (Å²) in [6.45, 7) is -0.412. The first-order chi connectivity index (χ1) is 10.0. The van der Waals surface area contributed by atoms with Crippen molar-refractivity contribution in [1.29, 1.82) is 0 Å². The first-order valence-electron chi connectivity index (χ1n) is 5.85. The number of sulfonamides is 1. The van der Waals surface area contributed by atoms with E-state index in [0.29, 0.717) is 0 Å². The lowest BCUT2D eigenvalue weighted by Gasteiger charge is -2.08. The van der Waals surface area contributed by atoms with Crippen LogP contribution in [0.25, 0.3) is 0 Å². The summed E-state index contributed by atoms with van der Waals surface area (Å²) in [7, 11) is -3.80. The second kappa shape index (κ2) is 6.35. The molecule has 0 radical (unpaired) electrons. The van der Waals surface area contributed by atoms with Gasteiger partial charge in [0.25, 0.3) is 10.0 Å². The molecule has 0 unspecified atom stereocenters. The second-order valence-electron chi connectivity index (χ2n) is 3.95. The number of anilines is 1. The number of pyridine rings is 1. The van der Waals surface area contributed by atoms with Crippen LogP contribution in [0.4, 0.5) is 10.1 Å². The average molecular weight is 306 g/mol. The summed E-state index contributed by atoms with van der Waals surface area (Å²) in [6.07, 6.45) is 2.66. The van der Waals surface area contributed by atoms with E-state index in [1.165, 1.54) is 36.7 Å². The van der Waals surface area contributed by atoms with Crippen molar-refractivity contribution >= 4 is 15.7 Å². The van der Waals surface area contributed by atoms with Crippen LogP contribution in [-0.2, 0) is 10.0 Å². The number of benzene rings is 1. The molecule has 0 amide bonds. The van der Waals surface area contributed by atoms with Gasteiger partial charge in [0, 0.05) is 12.4 Å². The highest BCUT2D eigenvalue weighted by molar-refractivity contribution is 7.92. The molecule has 0 saturated heterocycles. The minimum absolute atomic E-state index is 0.00248. The van der Waals surface area contributed by atoms with E-state index in [-0.39, 0.29) is 16.1 Å². The predicted molar refractivity (Wildman–Crippen MR) is 75.4 cm³/mol. The maximum atomic E-state index is 13.5. The Bertz CT molecular complexity index is 796. The zero-order chi connectivity index (χ0) is 15.3. The maximum absolute atomic E-state index is 13.5. The number of rotatable bonds is 3. The summed E-state index contributed by atoms with van der Waals surface area (Å²) in [5.41, 5.74) is 0.165. The molecular formula is C14H11FN2O3S. The largest absolute Gasteiger partial charge is 0.384 e. The first kappa shape index (κ1) is 15.0. The monoisotopic (exact) mass is 306 g/mol. The predicted octanol–water partition coefficient (Wildman–Crippen LogP) is 1.37. The maximum Gasteiger partial charge on any atom is 0.263 e. The van der Waals surface area contributed by atoms with Gasteiger partial charge in [0.1, 0.15) is 17.3 Å². The Morgan fingerprint density at radius 3 is 2.81 bits per heavy atom. The second-order valence-corrected chi connectivity index (χ2v) is 5.63. The molecule has 1 aromatic heterocycles. The molecule has 2 rings (SSSR count). The van der Waals surface area contributed by atoms with Gasteiger partial charge in [0.05, 0.1) is 11.3 Å². The number of nitrogens with one attached hydrogen (secondary N) is 1. The van der Waals surface area contributed by atoms with E-state index >= 15 is 0 Å². The third-order valence-electron chi connectivity index (χ3n) is 2.47. The van der Waals surface area contributed by atoms with Crippen LogP contribution in [0, 0.1) is 17.7 Å². The molecule has 0 saturated carbocycles. The van der Waals surface area contributed by atoms with Crippen molar-refractivity contribution < 1.29 is 17.9 Å². The SMILES string of the molecule is O=S(=O)(Nc1ccc(F)c(C#CCO)c1)c1cccnc1. The molecule has 0 bridgehead atoms. The summed E-state index contributed by atoms with van der Waals surface area (Å²) >= 11 is 0. The fourth-order valence-electron chi connectivity index (χ4n) is 1.54. The highest BCUT2D eigenvalue weighted by atomic mass is 32.2. The number of aliphatic hydroxyl groups excluding tert-OH is 1. The van der Waals surface area contributed by atoms with Gasteiger partial charge in [-0.2, -0.15) is 0 Å². The molecule has 0 aliphatic carbocycles. The van der Waals surface area contributed by atoms with Gasteiger partial charge in [-0.1, -0.05) is 11.8 Å². The molecule has 108 valence electrons. The van der Waals surface area contributed by atoms with Crippen LogP contribution in [0.2, 0.25) is 0 Å². The molecule has 0 fully saturated rings. The van der Waals surface area contributed by atoms with Gasteiger partial charge in [-0.15, -0.1) is 0 Å². The minimum atomic E-state index is -3.80. The lowest BCUT2D eigenvalue weighted by Crippen LogP contribution is -2.13. The molecule has 2 aromatic rings. The number of aromatic nitrogens is 1. The van der Waals surface area contributed by atoms with Crippen LogP contribution in [0.5, 0.6) is 0 Å². The quantitative estimate of drug-likeness (QED) is 0.839. The zero-order valence-corrected chi connectivity index (χ0v) is 11.6. The van der Waals surface area contributed by atoms with Gasteiger partial charge in [-0.25, -0.2) is 12.8 Å². The number of hydrogen-bond donors (Lipinski definition) is 2. The van der Waals surface area contributed by atoms with E-state index < -0.39 is 22.4 Å². The Morgan fingerprint density at radius 2 is 2.14 bits per heavy atom. The van der Waals surface area contributed by atoms with Gasteiger partial charge in [-0.3, -0.25) is 9.71 Å². The van der Waals surface area contributed by atoms with Crippen molar-refractivity contribution in [3.63, 3.8) is 0 Å². The number of nitrogens with zero attached hydrogens (tertiary/aromatic N) is 1. The topological polar surface area (TPSA) is 79.3 Å². The lowest BCUT2D eigenvalue weighted by atomic mass is 10.2. The number of hydrogen-bond acceptors (Lipinski definition) is 4. The van der Waals surface area contributed by atoms with Crippen LogP contribution in [0.1, 0.15) is 5.56 Å². The molecule has 5 nitrogen and oxygen atoms in total. The molecule has 1 heterocycles. The van der Waals surface area contributed by atoms with Crippen molar-refractivity contribution in [3.05, 3.63) is 54.1 Å². The molecule has 1 aromatic carbocycles. The molecule has 0 aliphatic heterocycles. The Kier molecular flexibility index (Phi) is 4.52. The molecule has 0 aliphatic rings. The highest BCUT2D eigenvalue weighted by Crippen LogP contribution is 2.18. The van der Waals surface area contributed by atoms with E-state index in [0.717, 1.165) is 6.07 Å². The zero-order valence-electron chi connectivity index (χ0n) is 10.7. The summed E-state index contributed by atoms with van der Waals surface area (Å²) in [5, 5.41) is 8.61. The summed E-state index contributed by atoms with van der Waals surface area (Å²) in [5.74, 6) is 4.11. The van der Waals surface area contributed by atoms with Crippen molar-refractivity contribution in [2.75, 3.05) is 11.3 Å². The Morgan fingerprint density at radius 1 is 1.33 bits per heavy atom. The fourth-order valence-corrected chi connectivity index (χ4v) is 2.55. The highest BCUT2D eigenvalue weighted by Gasteiger charge is 2.14. The molecule has 0 spiro atoms. The van der Waals surface area contributed by atoms with E-state index in [9.17, 15) is 12.8 Å². The fraction of sp³-hybridized carbons (Fsp3) is 0.0714. The van der Waals surface area contributed by atoms with Crippen LogP contribution in [0.15, 0.2) is 47.6 Å². The Hall–Kier alpha value is -2.43. The van der Waals surface area contributed by atoms with Crippen molar-refractivity contribution in [2.45, 2.75) is 4.90 Å². The van der Waals surface area contributed by atoms with E-state index in [1.807, 2.05) is 0 Å². The van der Waals surface area contributed by atoms with Crippen LogP contribution >= 0.6 is 0 Å². The van der Waals surface area contributed by atoms with Crippen LogP contribution in [0.3, 0.4) is 0 Å². The molecule has 2 N–H and O–H groups in total. The first-order valence-corrected chi connectivity index (χ1v) is 7.33. The summed E-state index contributed by atoms with van der Waals surface area (Å²) in [4.78, 5) is 3.73. The summed E-state index contributed by atoms with van der Waals surface area (Å²) < 4.78 is 40.0. The normalized spacial score (nSPS) is 10.6. The Balaban J connectivity index is 2.32. The lowest BCUT2D eigenvalue weighted by molar-refractivity contribution is 0.350. The third-order valence-corrected chi connectivity index (χ3v) is 3.83. The molecular weight excluding hydrogens is 295 g/mol. The number of aliphatic hydroxyl groups is 1. The minimum Gasteiger partial charge on any atom is -0.384 e. The Labute approximate surface area is 121 Å². The van der Waals surface area contributed by atoms with Crippen molar-refractivity contribution in [3.8, 4) is 11.8 Å². The van der Waals surface area contributed by atoms with Crippen molar-refractivity contribution in [2.24, 2.45) is 0 Å². The van der Waals surface area contributed by atoms with Gasteiger partial charge in [-0.05, 0) is 30.3 Å².